The van der Waals surface area contributed by atoms with Crippen LogP contribution in [0.1, 0.15) is 12.2 Å². The number of oxime groups is 1. The number of aromatic nitrogens is 2. The normalized spacial score (nSPS) is 12.5. The summed E-state index contributed by atoms with van der Waals surface area (Å²) in [6.45, 7) is -2.72. The summed E-state index contributed by atoms with van der Waals surface area (Å²) in [5.41, 5.74) is -0.000494. The van der Waals surface area contributed by atoms with E-state index in [1.807, 2.05) is 0 Å². The molecule has 0 amide bonds. The minimum Gasteiger partial charge on any atom is -0.410 e. The maximum absolute atomic E-state index is 11.9. The summed E-state index contributed by atoms with van der Waals surface area (Å²) < 4.78 is 24.2. The minimum absolute atomic E-state index is 0.000494. The van der Waals surface area contributed by atoms with Gasteiger partial charge in [-0.25, -0.2) is 4.68 Å². The molecule has 1 aromatic heterocycles. The molecule has 7 heteroatoms. The maximum Gasteiger partial charge on any atom is 0.333 e. The van der Waals surface area contributed by atoms with Gasteiger partial charge in [0.15, 0.2) is 5.17 Å². The van der Waals surface area contributed by atoms with E-state index in [0.717, 1.165) is 6.20 Å². The van der Waals surface area contributed by atoms with Crippen LogP contribution in [-0.2, 0) is 0 Å². The summed E-state index contributed by atoms with van der Waals surface area (Å²) in [5, 5.41) is 13.7. The van der Waals surface area contributed by atoms with E-state index < -0.39 is 6.55 Å². The highest BCUT2D eigenvalue weighted by atomic mass is 35.5. The van der Waals surface area contributed by atoms with Gasteiger partial charge in [0.25, 0.3) is 0 Å². The van der Waals surface area contributed by atoms with Crippen LogP contribution < -0.4 is 0 Å². The molecule has 0 radical (unpaired) electrons. The molecule has 0 aromatic carbocycles. The first kappa shape index (κ1) is 8.92. The molecular weight excluding hydrogens is 192 g/mol. The lowest BCUT2D eigenvalue weighted by molar-refractivity contribution is 0.0565. The molecular formula is C5H4ClF2N3O. The van der Waals surface area contributed by atoms with E-state index in [-0.39, 0.29) is 10.9 Å². The van der Waals surface area contributed by atoms with Gasteiger partial charge in [0.1, 0.15) is 5.69 Å². The van der Waals surface area contributed by atoms with E-state index in [4.69, 9.17) is 16.8 Å². The van der Waals surface area contributed by atoms with Crippen molar-refractivity contribution in [1.82, 2.24) is 9.78 Å². The molecule has 0 saturated heterocycles. The van der Waals surface area contributed by atoms with Crippen molar-refractivity contribution in [2.45, 2.75) is 6.55 Å². The third-order valence-electron chi connectivity index (χ3n) is 1.11. The van der Waals surface area contributed by atoms with Crippen LogP contribution in [0.4, 0.5) is 8.78 Å². The number of rotatable bonds is 2. The summed E-state index contributed by atoms with van der Waals surface area (Å²) in [7, 11) is 0. The molecule has 0 bridgehead atoms. The van der Waals surface area contributed by atoms with Gasteiger partial charge in [-0.1, -0.05) is 16.8 Å². The second-order valence-corrected chi connectivity index (χ2v) is 2.21. The summed E-state index contributed by atoms with van der Waals surface area (Å²) in [5.74, 6) is 0. The Hall–Kier alpha value is -1.17. The molecule has 0 saturated carbocycles. The van der Waals surface area contributed by atoms with Crippen molar-refractivity contribution < 1.29 is 14.0 Å². The fourth-order valence-corrected chi connectivity index (χ4v) is 0.709. The lowest BCUT2D eigenvalue weighted by Crippen LogP contribution is -2.00. The maximum atomic E-state index is 11.9. The highest BCUT2D eigenvalue weighted by Crippen LogP contribution is 2.10. The molecule has 1 N–H and O–H groups in total. The highest BCUT2D eigenvalue weighted by Gasteiger charge is 2.09. The van der Waals surface area contributed by atoms with Gasteiger partial charge in [0.2, 0.25) is 0 Å². The van der Waals surface area contributed by atoms with Crippen LogP contribution >= 0.6 is 11.6 Å². The zero-order valence-electron chi connectivity index (χ0n) is 5.65. The second kappa shape index (κ2) is 3.48. The van der Waals surface area contributed by atoms with Gasteiger partial charge in [0, 0.05) is 6.20 Å². The predicted molar refractivity (Wildman–Crippen MR) is 37.7 cm³/mol. The minimum atomic E-state index is -2.72. The Kier molecular flexibility index (Phi) is 2.59. The van der Waals surface area contributed by atoms with Crippen LogP contribution in [0.15, 0.2) is 17.4 Å². The Labute approximate surface area is 71.0 Å². The summed E-state index contributed by atoms with van der Waals surface area (Å²) in [6, 6.07) is 1.22. The fourth-order valence-electron chi connectivity index (χ4n) is 0.608. The Balaban J connectivity index is 2.92. The molecule has 1 rings (SSSR count). The van der Waals surface area contributed by atoms with Crippen LogP contribution in [0.25, 0.3) is 0 Å². The predicted octanol–water partition coefficient (Wildman–Crippen LogP) is 1.65. The Morgan fingerprint density at radius 1 is 1.75 bits per heavy atom. The third kappa shape index (κ3) is 1.70. The number of halogens is 3. The quantitative estimate of drug-likeness (QED) is 0.443. The molecule has 0 aliphatic carbocycles. The fraction of sp³-hybridized carbons (Fsp3) is 0.200. The molecule has 1 heterocycles. The van der Waals surface area contributed by atoms with Gasteiger partial charge >= 0.3 is 6.55 Å². The van der Waals surface area contributed by atoms with Crippen molar-refractivity contribution in [1.29, 1.82) is 0 Å². The second-order valence-electron chi connectivity index (χ2n) is 1.85. The topological polar surface area (TPSA) is 50.4 Å². The number of hydrogen-bond donors (Lipinski definition) is 1. The smallest absolute Gasteiger partial charge is 0.333 e. The monoisotopic (exact) mass is 195 g/mol. The molecule has 0 spiro atoms. The first-order chi connectivity index (χ1) is 5.65. The standard InChI is InChI=1S/C5H4ClF2N3O/c6-4(10-12)3-1-2-11(9-3)5(7)8/h1-2,5,12H. The first-order valence-electron chi connectivity index (χ1n) is 2.86. The van der Waals surface area contributed by atoms with Crippen LogP contribution in [0.3, 0.4) is 0 Å². The van der Waals surface area contributed by atoms with Crippen molar-refractivity contribution in [2.75, 3.05) is 0 Å². The van der Waals surface area contributed by atoms with Crippen molar-refractivity contribution in [3.8, 4) is 0 Å². The largest absolute Gasteiger partial charge is 0.410 e. The van der Waals surface area contributed by atoms with E-state index in [1.54, 1.807) is 0 Å². The summed E-state index contributed by atoms with van der Waals surface area (Å²) in [4.78, 5) is 0. The van der Waals surface area contributed by atoms with Gasteiger partial charge in [-0.3, -0.25) is 0 Å². The van der Waals surface area contributed by atoms with E-state index in [9.17, 15) is 8.78 Å². The van der Waals surface area contributed by atoms with E-state index in [0.29, 0.717) is 4.68 Å². The van der Waals surface area contributed by atoms with Crippen LogP contribution in [0.5, 0.6) is 0 Å². The van der Waals surface area contributed by atoms with Gasteiger partial charge < -0.3 is 5.21 Å². The highest BCUT2D eigenvalue weighted by molar-refractivity contribution is 6.69. The Morgan fingerprint density at radius 3 is 2.83 bits per heavy atom. The molecule has 66 valence electrons. The number of nitrogens with zero attached hydrogens (tertiary/aromatic N) is 3. The molecule has 4 nitrogen and oxygen atoms in total. The molecule has 0 aliphatic heterocycles. The van der Waals surface area contributed by atoms with Crippen molar-refractivity contribution in [2.24, 2.45) is 5.16 Å². The van der Waals surface area contributed by atoms with E-state index in [2.05, 4.69) is 10.3 Å². The molecule has 0 aliphatic rings. The summed E-state index contributed by atoms with van der Waals surface area (Å²) in [6.07, 6.45) is 1.04. The molecule has 0 atom stereocenters. The van der Waals surface area contributed by atoms with Crippen LogP contribution in [-0.4, -0.2) is 20.2 Å². The van der Waals surface area contributed by atoms with Crippen LogP contribution in [0, 0.1) is 0 Å². The zero-order valence-corrected chi connectivity index (χ0v) is 6.41. The average molecular weight is 196 g/mol. The zero-order chi connectivity index (χ0) is 9.14. The molecule has 1 aromatic rings. The van der Waals surface area contributed by atoms with Crippen molar-refractivity contribution >= 4 is 16.8 Å². The third-order valence-corrected chi connectivity index (χ3v) is 1.38. The molecule has 0 fully saturated rings. The summed E-state index contributed by atoms with van der Waals surface area (Å²) >= 11 is 5.29. The average Bonchev–Trinajstić information content (AvgIpc) is 2.51. The Morgan fingerprint density at radius 2 is 2.42 bits per heavy atom. The van der Waals surface area contributed by atoms with Crippen LogP contribution in [0.2, 0.25) is 0 Å². The molecule has 12 heavy (non-hydrogen) atoms. The lowest BCUT2D eigenvalue weighted by atomic mass is 10.5. The molecule has 0 unspecified atom stereocenters. The Bertz CT molecular complexity index is 299. The SMILES string of the molecule is ON=C(Cl)c1ccn(C(F)F)n1. The number of hydrogen-bond acceptors (Lipinski definition) is 3. The van der Waals surface area contributed by atoms with Gasteiger partial charge in [-0.15, -0.1) is 0 Å². The van der Waals surface area contributed by atoms with E-state index >= 15 is 0 Å². The van der Waals surface area contributed by atoms with Gasteiger partial charge in [-0.2, -0.15) is 13.9 Å². The van der Waals surface area contributed by atoms with Gasteiger partial charge in [0.05, 0.1) is 0 Å². The van der Waals surface area contributed by atoms with Crippen molar-refractivity contribution in [3.63, 3.8) is 0 Å². The number of alkyl halides is 2. The first-order valence-corrected chi connectivity index (χ1v) is 3.24. The van der Waals surface area contributed by atoms with Crippen molar-refractivity contribution in [3.05, 3.63) is 18.0 Å². The van der Waals surface area contributed by atoms with E-state index in [1.165, 1.54) is 6.07 Å². The lowest BCUT2D eigenvalue weighted by Gasteiger charge is -1.95. The van der Waals surface area contributed by atoms with Gasteiger partial charge in [-0.05, 0) is 6.07 Å².